The van der Waals surface area contributed by atoms with Crippen LogP contribution in [0.25, 0.3) is 0 Å². The van der Waals surface area contributed by atoms with Crippen molar-refractivity contribution >= 4 is 25.3 Å². The monoisotopic (exact) mass is 459 g/mol. The van der Waals surface area contributed by atoms with Gasteiger partial charge in [0.1, 0.15) is 0 Å². The minimum atomic E-state index is 0. The molecule has 0 atom stereocenters. The van der Waals surface area contributed by atoms with Crippen LogP contribution in [0, 0.1) is 0 Å². The summed E-state index contributed by atoms with van der Waals surface area (Å²) < 4.78 is 0.0625. The van der Waals surface area contributed by atoms with Crippen LogP contribution in [-0.4, -0.2) is 60.6 Å². The molecule has 0 bridgehead atoms. The van der Waals surface area contributed by atoms with Gasteiger partial charge < -0.3 is 35.1 Å². The zero-order valence-electron chi connectivity index (χ0n) is 12.4. The topological polar surface area (TPSA) is 6.48 Å². The molecule has 0 unspecified atom stereocenters. The van der Waals surface area contributed by atoms with E-state index in [9.17, 15) is 0 Å². The molecule has 5 heteroatoms. The minimum absolute atomic E-state index is 0. The summed E-state index contributed by atoms with van der Waals surface area (Å²) in [7, 11) is 8.14. The molecule has 17 heavy (non-hydrogen) atoms. The fourth-order valence-electron chi connectivity index (χ4n) is 1.52. The van der Waals surface area contributed by atoms with E-state index >= 15 is 0 Å². The van der Waals surface area contributed by atoms with E-state index in [1.165, 1.54) is 0 Å². The first-order valence-corrected chi connectivity index (χ1v) is 6.35. The molecule has 0 N–H and O–H groups in total. The van der Waals surface area contributed by atoms with Gasteiger partial charge in [-0.1, -0.05) is 27.7 Å². The van der Waals surface area contributed by atoms with Crippen LogP contribution >= 0.6 is 0 Å². The molecule has 0 fully saturated rings. The summed E-state index contributed by atoms with van der Waals surface area (Å²) in [4.78, 5) is 4.21. The van der Waals surface area contributed by atoms with Crippen molar-refractivity contribution in [3.05, 3.63) is 0 Å². The third kappa shape index (κ3) is 31.7. The zero-order valence-corrected chi connectivity index (χ0v) is 16.3. The molecule has 0 spiro atoms. The van der Waals surface area contributed by atoms with Crippen molar-refractivity contribution in [3.63, 3.8) is 0 Å². The molecule has 0 aromatic heterocycles. The molecule has 0 aliphatic carbocycles. The van der Waals surface area contributed by atoms with Gasteiger partial charge in [-0.05, 0) is 41.3 Å². The molecule has 0 aliphatic heterocycles. The van der Waals surface area contributed by atoms with Gasteiger partial charge >= 0.3 is 21.1 Å². The number of hydrogen-bond donors (Lipinski definition) is 0. The first kappa shape index (κ1) is 23.4. The molecule has 0 amide bonds. The van der Waals surface area contributed by atoms with E-state index < -0.39 is 0 Å². The largest absolute Gasteiger partial charge is 4.00 e. The number of hydrogen-bond acceptors (Lipinski definition) is 4. The van der Waals surface area contributed by atoms with Crippen LogP contribution in [-0.2, 0) is 46.3 Å². The molecule has 0 aromatic carbocycles. The first-order valence-electron chi connectivity index (χ1n) is 5.54. The third-order valence-corrected chi connectivity index (χ3v) is 1.65. The van der Waals surface area contributed by atoms with Crippen LogP contribution in [0.3, 0.4) is 0 Å². The van der Waals surface area contributed by atoms with E-state index in [1.54, 1.807) is 0 Å². The van der Waals surface area contributed by atoms with Gasteiger partial charge in [0, 0.05) is 0 Å². The average Bonchev–Trinajstić information content (AvgIpc) is 1.72. The van der Waals surface area contributed by atoms with Gasteiger partial charge in [0.15, 0.2) is 0 Å². The maximum atomic E-state index is 5.12. The van der Waals surface area contributed by atoms with E-state index in [1.807, 2.05) is 28.2 Å². The van der Waals surface area contributed by atoms with Crippen molar-refractivity contribution in [2.45, 2.75) is 37.2 Å². The molecule has 0 saturated carbocycles. The second kappa shape index (κ2) is 10.1. The van der Waals surface area contributed by atoms with E-state index in [2.05, 4.69) is 37.5 Å². The molecule has 0 heterocycles. The van der Waals surface area contributed by atoms with Crippen LogP contribution in [0.4, 0.5) is 0 Å². The summed E-state index contributed by atoms with van der Waals surface area (Å²) >= 11 is 10.2. The second-order valence-electron chi connectivity index (χ2n) is 5.99. The zero-order chi connectivity index (χ0) is 13.6. The maximum absolute atomic E-state index is 5.12. The van der Waals surface area contributed by atoms with Crippen molar-refractivity contribution in [1.82, 2.24) is 9.80 Å². The van der Waals surface area contributed by atoms with Crippen LogP contribution in [0.5, 0.6) is 0 Å². The summed E-state index contributed by atoms with van der Waals surface area (Å²) in [5.74, 6) is 0. The van der Waals surface area contributed by atoms with Crippen molar-refractivity contribution in [2.24, 2.45) is 0 Å². The summed E-state index contributed by atoms with van der Waals surface area (Å²) in [5, 5.41) is 0. The van der Waals surface area contributed by atoms with E-state index in [0.717, 1.165) is 13.1 Å². The van der Waals surface area contributed by atoms with Gasteiger partial charge in [0.25, 0.3) is 0 Å². The number of rotatable bonds is 4. The average molecular weight is 460 g/mol. The normalized spacial score (nSPS) is 12.0. The van der Waals surface area contributed by atoms with E-state index in [0.29, 0.717) is 0 Å². The molecule has 0 rings (SSSR count). The van der Waals surface area contributed by atoms with E-state index in [4.69, 9.17) is 25.3 Å². The summed E-state index contributed by atoms with van der Waals surface area (Å²) in [6.45, 7) is 10.2. The van der Waals surface area contributed by atoms with Crippen LogP contribution < -0.4 is 0 Å². The Bertz CT molecular complexity index is 152. The second-order valence-corrected chi connectivity index (χ2v) is 8.21. The quantitative estimate of drug-likeness (QED) is 0.591. The Morgan fingerprint density at radius 2 is 0.882 bits per heavy atom. The number of nitrogens with zero attached hydrogens (tertiary/aromatic N) is 2. The Hall–Kier alpha value is 1.31. The maximum Gasteiger partial charge on any atom is 4.00 e. The van der Waals surface area contributed by atoms with Crippen molar-refractivity contribution in [2.75, 3.05) is 41.3 Å². The standard InChI is InChI=1S/2C6H15NS.Pt/c2*1-6(2,8)5-7(3)4;/h2*8H,5H2,1-4H3;/q;;+4/p-2. The van der Waals surface area contributed by atoms with Crippen molar-refractivity contribution in [1.29, 1.82) is 0 Å². The predicted octanol–water partition coefficient (Wildman–Crippen LogP) is 1.74. The SMILES string of the molecule is CN(C)CC(C)(C)[S-].CN(C)CC(C)(C)[S-].[Pt+4]. The predicted molar refractivity (Wildman–Crippen MR) is 80.0 cm³/mol. The van der Waals surface area contributed by atoms with Gasteiger partial charge in [-0.15, -0.1) is 9.49 Å². The van der Waals surface area contributed by atoms with Gasteiger partial charge in [0.2, 0.25) is 0 Å². The van der Waals surface area contributed by atoms with Gasteiger partial charge in [-0.25, -0.2) is 0 Å². The Balaban J connectivity index is -0.000000218. The van der Waals surface area contributed by atoms with Crippen LogP contribution in [0.15, 0.2) is 0 Å². The summed E-state index contributed by atoms with van der Waals surface area (Å²) in [6, 6.07) is 0. The minimum Gasteiger partial charge on any atom is -0.785 e. The molecule has 2 nitrogen and oxygen atoms in total. The fourth-order valence-corrected chi connectivity index (χ4v) is 2.04. The smallest absolute Gasteiger partial charge is 0.785 e. The van der Waals surface area contributed by atoms with E-state index in [-0.39, 0.29) is 30.6 Å². The van der Waals surface area contributed by atoms with Gasteiger partial charge in [-0.2, -0.15) is 0 Å². The Morgan fingerprint density at radius 3 is 0.882 bits per heavy atom. The Labute approximate surface area is 134 Å². The molecule has 106 valence electrons. The van der Waals surface area contributed by atoms with Gasteiger partial charge in [-0.3, -0.25) is 0 Å². The van der Waals surface area contributed by atoms with Crippen molar-refractivity contribution in [3.8, 4) is 0 Å². The molecule has 0 radical (unpaired) electrons. The van der Waals surface area contributed by atoms with Crippen molar-refractivity contribution < 1.29 is 21.1 Å². The fraction of sp³-hybridized carbons (Fsp3) is 1.00. The van der Waals surface area contributed by atoms with Crippen LogP contribution in [0.1, 0.15) is 27.7 Å². The Kier molecular flexibility index (Phi) is 14.0. The third-order valence-electron chi connectivity index (χ3n) is 1.39. The molecule has 0 aliphatic rings. The molecule has 0 saturated heterocycles. The Morgan fingerprint density at radius 1 is 0.706 bits per heavy atom. The molecule has 0 aromatic rings. The molecular weight excluding hydrogens is 431 g/mol. The summed E-state index contributed by atoms with van der Waals surface area (Å²) in [6.07, 6.45) is 0. The first-order chi connectivity index (χ1) is 6.83. The summed E-state index contributed by atoms with van der Waals surface area (Å²) in [5.41, 5.74) is 0. The van der Waals surface area contributed by atoms with Gasteiger partial charge in [0.05, 0.1) is 0 Å². The van der Waals surface area contributed by atoms with Crippen LogP contribution in [0.2, 0.25) is 0 Å². The molecular formula is C12H28N2PtS2+2.